The Morgan fingerprint density at radius 3 is 2.61 bits per heavy atom. The summed E-state index contributed by atoms with van der Waals surface area (Å²) in [5.74, 6) is -1.24. The average molecular weight is 445 g/mol. The number of carboxylic acids is 1. The zero-order valence-electron chi connectivity index (χ0n) is 17.8. The smallest absolute Gasteiger partial charge is 0.329 e. The molecule has 0 radical (unpaired) electrons. The Bertz CT molecular complexity index is 952. The van der Waals surface area contributed by atoms with Crippen molar-refractivity contribution < 1.29 is 24.2 Å². The van der Waals surface area contributed by atoms with Gasteiger partial charge in [0, 0.05) is 11.4 Å². The van der Waals surface area contributed by atoms with Crippen LogP contribution in [0.15, 0.2) is 24.3 Å². The van der Waals surface area contributed by atoms with Gasteiger partial charge in [0.1, 0.15) is 18.2 Å². The van der Waals surface area contributed by atoms with E-state index < -0.39 is 18.5 Å². The van der Waals surface area contributed by atoms with E-state index >= 15 is 0 Å². The summed E-state index contributed by atoms with van der Waals surface area (Å²) < 4.78 is 4.87. The molecule has 31 heavy (non-hydrogen) atoms. The summed E-state index contributed by atoms with van der Waals surface area (Å²) in [6.45, 7) is 3.66. The number of thiophene rings is 1. The third kappa shape index (κ3) is 6.15. The number of ether oxygens (including phenoxy) is 1. The summed E-state index contributed by atoms with van der Waals surface area (Å²) in [4.78, 5) is 37.1. The summed E-state index contributed by atoms with van der Waals surface area (Å²) in [6, 6.07) is 7.96. The number of fused-ring (bicyclic) bond motifs is 1. The molecule has 7 nitrogen and oxygen atoms in total. The molecule has 8 heteroatoms. The van der Waals surface area contributed by atoms with Crippen LogP contribution in [0.5, 0.6) is 0 Å². The van der Waals surface area contributed by atoms with Gasteiger partial charge in [0.2, 0.25) is 0 Å². The molecular weight excluding hydrogens is 416 g/mol. The SMILES string of the molecule is CCC1CCc2c(sc(NC(=O)COCC(=O)O)c2C(=O)NCc2ccc(C)cc2)C1. The van der Waals surface area contributed by atoms with Crippen LogP contribution in [0.25, 0.3) is 0 Å². The number of carbonyl (C=O) groups excluding carboxylic acids is 2. The van der Waals surface area contributed by atoms with Crippen LogP contribution in [0, 0.1) is 12.8 Å². The Kier molecular flexibility index (Phi) is 7.81. The molecule has 3 N–H and O–H groups in total. The number of hydrogen-bond donors (Lipinski definition) is 3. The molecule has 1 heterocycles. The van der Waals surface area contributed by atoms with Crippen LogP contribution < -0.4 is 10.6 Å². The number of anilines is 1. The highest BCUT2D eigenvalue weighted by molar-refractivity contribution is 7.17. The van der Waals surface area contributed by atoms with Gasteiger partial charge in [-0.25, -0.2) is 4.79 Å². The van der Waals surface area contributed by atoms with Crippen molar-refractivity contribution in [1.29, 1.82) is 0 Å². The molecule has 2 aromatic rings. The second-order valence-electron chi connectivity index (χ2n) is 7.83. The Morgan fingerprint density at radius 2 is 1.94 bits per heavy atom. The van der Waals surface area contributed by atoms with E-state index in [1.807, 2.05) is 31.2 Å². The van der Waals surface area contributed by atoms with Crippen molar-refractivity contribution in [2.45, 2.75) is 46.1 Å². The van der Waals surface area contributed by atoms with Gasteiger partial charge < -0.3 is 20.5 Å². The van der Waals surface area contributed by atoms with Gasteiger partial charge in [-0.2, -0.15) is 0 Å². The van der Waals surface area contributed by atoms with Crippen LogP contribution in [0.1, 0.15) is 51.7 Å². The highest BCUT2D eigenvalue weighted by Crippen LogP contribution is 2.40. The molecular formula is C23H28N2O5S. The van der Waals surface area contributed by atoms with Gasteiger partial charge in [0.05, 0.1) is 5.56 Å². The second-order valence-corrected chi connectivity index (χ2v) is 8.93. The van der Waals surface area contributed by atoms with Crippen LogP contribution in [-0.4, -0.2) is 36.1 Å². The molecule has 3 rings (SSSR count). The first-order chi connectivity index (χ1) is 14.9. The van der Waals surface area contributed by atoms with E-state index in [4.69, 9.17) is 9.84 Å². The van der Waals surface area contributed by atoms with Crippen LogP contribution >= 0.6 is 11.3 Å². The molecule has 1 aromatic heterocycles. The highest BCUT2D eigenvalue weighted by Gasteiger charge is 2.29. The lowest BCUT2D eigenvalue weighted by Crippen LogP contribution is -2.27. The maximum absolute atomic E-state index is 13.1. The normalized spacial score (nSPS) is 15.2. The molecule has 1 aliphatic carbocycles. The summed E-state index contributed by atoms with van der Waals surface area (Å²) in [5, 5.41) is 14.9. The summed E-state index contributed by atoms with van der Waals surface area (Å²) >= 11 is 1.44. The topological polar surface area (TPSA) is 105 Å². The second kappa shape index (κ2) is 10.5. The number of benzene rings is 1. The number of rotatable bonds is 9. The van der Waals surface area contributed by atoms with E-state index in [-0.39, 0.29) is 12.5 Å². The monoisotopic (exact) mass is 444 g/mol. The van der Waals surface area contributed by atoms with Crippen molar-refractivity contribution in [3.63, 3.8) is 0 Å². The van der Waals surface area contributed by atoms with E-state index in [2.05, 4.69) is 17.6 Å². The number of carboxylic acid groups (broad SMARTS) is 1. The van der Waals surface area contributed by atoms with E-state index in [1.165, 1.54) is 11.3 Å². The predicted molar refractivity (Wildman–Crippen MR) is 120 cm³/mol. The molecule has 0 bridgehead atoms. The molecule has 0 aliphatic heterocycles. The van der Waals surface area contributed by atoms with Gasteiger partial charge in [-0.05, 0) is 43.2 Å². The standard InChI is InChI=1S/C23H28N2O5S/c1-3-15-8-9-17-18(10-15)31-23(25-19(26)12-30-13-20(27)28)21(17)22(29)24-11-16-6-4-14(2)5-7-16/h4-7,15H,3,8-13H2,1-2H3,(H,24,29)(H,25,26)(H,27,28). The predicted octanol–water partition coefficient (Wildman–Crippen LogP) is 3.54. The van der Waals surface area contributed by atoms with Crippen molar-refractivity contribution in [3.8, 4) is 0 Å². The fourth-order valence-corrected chi connectivity index (χ4v) is 5.08. The van der Waals surface area contributed by atoms with E-state index in [9.17, 15) is 14.4 Å². The van der Waals surface area contributed by atoms with Crippen molar-refractivity contribution in [2.75, 3.05) is 18.5 Å². The fraction of sp³-hybridized carbons (Fsp3) is 0.435. The maximum atomic E-state index is 13.1. The van der Waals surface area contributed by atoms with Crippen molar-refractivity contribution in [3.05, 3.63) is 51.4 Å². The summed E-state index contributed by atoms with van der Waals surface area (Å²) in [7, 11) is 0. The fourth-order valence-electron chi connectivity index (χ4n) is 3.70. The van der Waals surface area contributed by atoms with Crippen LogP contribution in [0.4, 0.5) is 5.00 Å². The van der Waals surface area contributed by atoms with Crippen LogP contribution in [0.2, 0.25) is 0 Å². The number of carbonyl (C=O) groups is 3. The number of aliphatic carboxylic acids is 1. The Balaban J connectivity index is 1.76. The van der Waals surface area contributed by atoms with E-state index in [1.54, 1.807) is 0 Å². The van der Waals surface area contributed by atoms with Crippen molar-refractivity contribution in [2.24, 2.45) is 5.92 Å². The third-order valence-electron chi connectivity index (χ3n) is 5.46. The van der Waals surface area contributed by atoms with Gasteiger partial charge in [-0.3, -0.25) is 9.59 Å². The molecule has 0 fully saturated rings. The van der Waals surface area contributed by atoms with Crippen molar-refractivity contribution in [1.82, 2.24) is 5.32 Å². The number of amides is 2. The molecule has 166 valence electrons. The largest absolute Gasteiger partial charge is 0.480 e. The number of aryl methyl sites for hydroxylation is 1. The first-order valence-corrected chi connectivity index (χ1v) is 11.3. The van der Waals surface area contributed by atoms with Gasteiger partial charge in [0.25, 0.3) is 11.8 Å². The summed E-state index contributed by atoms with van der Waals surface area (Å²) in [6.07, 6.45) is 3.81. The molecule has 0 saturated heterocycles. The van der Waals surface area contributed by atoms with Crippen molar-refractivity contribution >= 4 is 34.1 Å². The van der Waals surface area contributed by atoms with Gasteiger partial charge in [0.15, 0.2) is 0 Å². The van der Waals surface area contributed by atoms with Crippen LogP contribution in [0.3, 0.4) is 0 Å². The minimum Gasteiger partial charge on any atom is -0.480 e. The number of nitrogens with one attached hydrogen (secondary N) is 2. The third-order valence-corrected chi connectivity index (χ3v) is 6.63. The van der Waals surface area contributed by atoms with Crippen LogP contribution in [-0.2, 0) is 33.7 Å². The first-order valence-electron chi connectivity index (χ1n) is 10.4. The minimum atomic E-state index is -1.14. The quantitative estimate of drug-likeness (QED) is 0.549. The first kappa shape index (κ1) is 23.0. The van der Waals surface area contributed by atoms with E-state index in [0.29, 0.717) is 23.0 Å². The summed E-state index contributed by atoms with van der Waals surface area (Å²) in [5.41, 5.74) is 3.69. The van der Waals surface area contributed by atoms with Gasteiger partial charge in [-0.1, -0.05) is 43.2 Å². The average Bonchev–Trinajstić information content (AvgIpc) is 3.09. The molecule has 1 aliphatic rings. The molecule has 2 amide bonds. The lowest BCUT2D eigenvalue weighted by molar-refractivity contribution is -0.143. The maximum Gasteiger partial charge on any atom is 0.329 e. The molecule has 0 spiro atoms. The molecule has 1 aromatic carbocycles. The molecule has 0 saturated carbocycles. The Morgan fingerprint density at radius 1 is 1.19 bits per heavy atom. The Labute approximate surface area is 185 Å². The minimum absolute atomic E-state index is 0.213. The molecule has 1 atom stereocenters. The lowest BCUT2D eigenvalue weighted by atomic mass is 9.85. The zero-order chi connectivity index (χ0) is 22.4. The highest BCUT2D eigenvalue weighted by atomic mass is 32.1. The number of hydrogen-bond acceptors (Lipinski definition) is 5. The zero-order valence-corrected chi connectivity index (χ0v) is 18.6. The van der Waals surface area contributed by atoms with Gasteiger partial charge >= 0.3 is 5.97 Å². The Hall–Kier alpha value is -2.71. The molecule has 1 unspecified atom stereocenters. The lowest BCUT2D eigenvalue weighted by Gasteiger charge is -2.21. The van der Waals surface area contributed by atoms with Gasteiger partial charge in [-0.15, -0.1) is 11.3 Å². The van der Waals surface area contributed by atoms with E-state index in [0.717, 1.165) is 47.3 Å².